The van der Waals surface area contributed by atoms with Crippen molar-refractivity contribution in [3.63, 3.8) is 0 Å². The Kier molecular flexibility index (Phi) is 6.37. The van der Waals surface area contributed by atoms with Crippen LogP contribution in [-0.4, -0.2) is 39.5 Å². The number of halogens is 1. The fourth-order valence-corrected chi connectivity index (χ4v) is 0.664. The third-order valence-corrected chi connectivity index (χ3v) is 1.43. The highest BCUT2D eigenvalue weighted by atomic mass is 19.1. The second-order valence-corrected chi connectivity index (χ2v) is 2.46. The van der Waals surface area contributed by atoms with Crippen molar-refractivity contribution in [2.75, 3.05) is 19.8 Å². The molecule has 0 aliphatic rings. The number of aliphatic hydroxyl groups is 1. The molecule has 3 nitrogen and oxygen atoms in total. The molecular weight excluding hydrogens is 158 g/mol. The Morgan fingerprint density at radius 2 is 2.50 bits per heavy atom. The van der Waals surface area contributed by atoms with Gasteiger partial charge < -0.3 is 10.4 Å². The summed E-state index contributed by atoms with van der Waals surface area (Å²) in [6, 6.07) is 0. The minimum Gasteiger partial charge on any atom is -0.395 e. The van der Waals surface area contributed by atoms with E-state index in [-0.39, 0.29) is 12.4 Å². The van der Waals surface area contributed by atoms with Gasteiger partial charge in [0.25, 0.3) is 0 Å². The maximum absolute atomic E-state index is 12.1. The first kappa shape index (κ1) is 11.2. The molecule has 0 aromatic rings. The number of allylic oxidation sites excluding steroid dienone is 1. The van der Waals surface area contributed by atoms with Gasteiger partial charge in [-0.05, 0) is 6.72 Å². The summed E-state index contributed by atoms with van der Waals surface area (Å²) < 4.78 is 12.1. The van der Waals surface area contributed by atoms with Crippen LogP contribution in [0, 0.1) is 0 Å². The number of hydrogen-bond acceptors (Lipinski definition) is 3. The summed E-state index contributed by atoms with van der Waals surface area (Å²) in [4.78, 5) is 3.66. The molecule has 0 radical (unpaired) electrons. The van der Waals surface area contributed by atoms with Crippen molar-refractivity contribution in [2.24, 2.45) is 4.99 Å². The van der Waals surface area contributed by atoms with E-state index in [1.54, 1.807) is 14.0 Å². The molecule has 0 rings (SSSR count). The second-order valence-electron chi connectivity index (χ2n) is 2.46. The normalized spacial score (nSPS) is 14.0. The lowest BCUT2D eigenvalue weighted by atomic mass is 9.86. The topological polar surface area (TPSA) is 44.6 Å². The number of aliphatic imine (C=N–C) groups is 1. The highest BCUT2D eigenvalue weighted by molar-refractivity contribution is 6.13. The van der Waals surface area contributed by atoms with Crippen LogP contribution in [0.3, 0.4) is 0 Å². The molecule has 0 heterocycles. The van der Waals surface area contributed by atoms with Crippen molar-refractivity contribution in [1.82, 2.24) is 5.32 Å². The van der Waals surface area contributed by atoms with E-state index < -0.39 is 6.67 Å². The van der Waals surface area contributed by atoms with Gasteiger partial charge in [-0.15, -0.1) is 0 Å². The monoisotopic (exact) mass is 172 g/mol. The smallest absolute Gasteiger partial charge is 0.116 e. The molecule has 5 heteroatoms. The lowest BCUT2D eigenvalue weighted by Gasteiger charge is -2.07. The van der Waals surface area contributed by atoms with Gasteiger partial charge in [0, 0.05) is 18.6 Å². The average molecular weight is 172 g/mol. The molecule has 2 N–H and O–H groups in total. The van der Waals surface area contributed by atoms with Crippen LogP contribution >= 0.6 is 0 Å². The predicted molar refractivity (Wildman–Crippen MR) is 51.0 cm³/mol. The van der Waals surface area contributed by atoms with Crippen LogP contribution < -0.4 is 5.32 Å². The Hall–Kier alpha value is -0.835. The SMILES string of the molecule is BC(CF)/C(=C/NCCO)N=C. The fourth-order valence-electron chi connectivity index (χ4n) is 0.664. The Bertz CT molecular complexity index is 163. The Balaban J connectivity index is 3.94. The van der Waals surface area contributed by atoms with Gasteiger partial charge in [0.2, 0.25) is 0 Å². The van der Waals surface area contributed by atoms with E-state index in [1.807, 2.05) is 0 Å². The van der Waals surface area contributed by atoms with Crippen molar-refractivity contribution in [2.45, 2.75) is 5.82 Å². The molecule has 0 bridgehead atoms. The van der Waals surface area contributed by atoms with E-state index in [4.69, 9.17) is 5.11 Å². The molecule has 0 saturated heterocycles. The van der Waals surface area contributed by atoms with Crippen LogP contribution in [-0.2, 0) is 0 Å². The molecule has 0 saturated carbocycles. The summed E-state index contributed by atoms with van der Waals surface area (Å²) >= 11 is 0. The number of alkyl halides is 1. The van der Waals surface area contributed by atoms with Crippen molar-refractivity contribution in [3.05, 3.63) is 11.9 Å². The Morgan fingerprint density at radius 3 is 2.92 bits per heavy atom. The highest BCUT2D eigenvalue weighted by Crippen LogP contribution is 2.13. The number of nitrogens with one attached hydrogen (secondary N) is 1. The van der Waals surface area contributed by atoms with Crippen LogP contribution in [0.5, 0.6) is 0 Å². The summed E-state index contributed by atoms with van der Waals surface area (Å²) in [5.41, 5.74) is 0.575. The van der Waals surface area contributed by atoms with Crippen molar-refractivity contribution >= 4 is 14.6 Å². The lowest BCUT2D eigenvalue weighted by Crippen LogP contribution is -2.13. The fraction of sp³-hybridized carbons (Fsp3) is 0.571. The van der Waals surface area contributed by atoms with Crippen LogP contribution in [0.15, 0.2) is 16.9 Å². The van der Waals surface area contributed by atoms with Crippen molar-refractivity contribution in [3.8, 4) is 0 Å². The van der Waals surface area contributed by atoms with Gasteiger partial charge in [-0.2, -0.15) is 0 Å². The predicted octanol–water partition coefficient (Wildman–Crippen LogP) is -0.499. The van der Waals surface area contributed by atoms with E-state index in [9.17, 15) is 4.39 Å². The van der Waals surface area contributed by atoms with Gasteiger partial charge >= 0.3 is 0 Å². The molecule has 0 aromatic heterocycles. The summed E-state index contributed by atoms with van der Waals surface area (Å²) in [5, 5.41) is 11.2. The molecule has 0 spiro atoms. The first-order valence-corrected chi connectivity index (χ1v) is 3.83. The minimum atomic E-state index is -0.453. The van der Waals surface area contributed by atoms with E-state index >= 15 is 0 Å². The summed E-state index contributed by atoms with van der Waals surface area (Å²) in [6.45, 7) is 3.36. The highest BCUT2D eigenvalue weighted by Gasteiger charge is 2.05. The number of hydrogen-bond donors (Lipinski definition) is 2. The molecule has 0 fully saturated rings. The number of aliphatic hydroxyl groups excluding tert-OH is 1. The van der Waals surface area contributed by atoms with Gasteiger partial charge in [0.05, 0.1) is 19.0 Å². The quantitative estimate of drug-likeness (QED) is 0.322. The molecular formula is C7H14BFN2O. The van der Waals surface area contributed by atoms with Crippen molar-refractivity contribution in [1.29, 1.82) is 0 Å². The van der Waals surface area contributed by atoms with E-state index in [2.05, 4.69) is 17.0 Å². The molecule has 68 valence electrons. The van der Waals surface area contributed by atoms with Gasteiger partial charge in [-0.1, -0.05) is 0 Å². The molecule has 0 amide bonds. The Labute approximate surface area is 72.8 Å². The molecule has 0 aliphatic carbocycles. The molecule has 1 atom stereocenters. The molecule has 0 aliphatic heterocycles. The zero-order valence-electron chi connectivity index (χ0n) is 7.26. The lowest BCUT2D eigenvalue weighted by molar-refractivity contribution is 0.298. The molecule has 12 heavy (non-hydrogen) atoms. The van der Waals surface area contributed by atoms with Crippen LogP contribution in [0.4, 0.5) is 4.39 Å². The zero-order valence-corrected chi connectivity index (χ0v) is 7.26. The third-order valence-electron chi connectivity index (χ3n) is 1.43. The standard InChI is InChI=1S/C7H14BFN2O/c1-10-7(6(8)4-9)5-11-2-3-12/h5-6,11-12H,1-4,8H2/b7-5-. The third kappa shape index (κ3) is 4.13. The van der Waals surface area contributed by atoms with Gasteiger partial charge in [0.1, 0.15) is 7.85 Å². The average Bonchev–Trinajstić information content (AvgIpc) is 2.11. The number of rotatable bonds is 6. The number of nitrogens with zero attached hydrogens (tertiary/aromatic N) is 1. The maximum atomic E-state index is 12.1. The van der Waals surface area contributed by atoms with Crippen LogP contribution in [0.25, 0.3) is 0 Å². The summed E-state index contributed by atoms with van der Waals surface area (Å²) in [7, 11) is 1.72. The van der Waals surface area contributed by atoms with E-state index in [1.165, 1.54) is 0 Å². The summed E-state index contributed by atoms with van der Waals surface area (Å²) in [6.07, 6.45) is 1.58. The van der Waals surface area contributed by atoms with Gasteiger partial charge in [-0.3, -0.25) is 9.38 Å². The first-order chi connectivity index (χ1) is 5.76. The molecule has 0 aromatic carbocycles. The maximum Gasteiger partial charge on any atom is 0.116 e. The molecule has 1 unspecified atom stereocenters. The largest absolute Gasteiger partial charge is 0.395 e. The van der Waals surface area contributed by atoms with Crippen molar-refractivity contribution < 1.29 is 9.50 Å². The van der Waals surface area contributed by atoms with Crippen LogP contribution in [0.2, 0.25) is 5.82 Å². The van der Waals surface area contributed by atoms with Gasteiger partial charge in [0.15, 0.2) is 0 Å². The summed E-state index contributed by atoms with van der Waals surface area (Å²) in [5.74, 6) is -0.242. The van der Waals surface area contributed by atoms with Crippen LogP contribution in [0.1, 0.15) is 0 Å². The zero-order chi connectivity index (χ0) is 9.40. The second kappa shape index (κ2) is 6.85. The van der Waals surface area contributed by atoms with E-state index in [0.717, 1.165) is 0 Å². The Morgan fingerprint density at radius 1 is 1.83 bits per heavy atom. The first-order valence-electron chi connectivity index (χ1n) is 3.83. The van der Waals surface area contributed by atoms with E-state index in [0.29, 0.717) is 12.2 Å². The van der Waals surface area contributed by atoms with Gasteiger partial charge in [-0.25, -0.2) is 0 Å². The minimum absolute atomic E-state index is 0.0466.